The van der Waals surface area contributed by atoms with Gasteiger partial charge in [-0.2, -0.15) is 0 Å². The van der Waals surface area contributed by atoms with Gasteiger partial charge in [-0.15, -0.1) is 0 Å². The molecule has 0 radical (unpaired) electrons. The first-order valence-electron chi connectivity index (χ1n) is 9.16. The largest absolute Gasteiger partial charge is 0.475 e. The number of halogens is 1. The average Bonchev–Trinajstić information content (AvgIpc) is 3.00. The van der Waals surface area contributed by atoms with Crippen LogP contribution in [0.3, 0.4) is 0 Å². The van der Waals surface area contributed by atoms with E-state index in [0.717, 1.165) is 16.6 Å². The molecule has 0 atom stereocenters. The maximum Gasteiger partial charge on any atom is 0.377 e. The zero-order valence-corrected chi connectivity index (χ0v) is 16.4. The fourth-order valence-electron chi connectivity index (χ4n) is 3.90. The summed E-state index contributed by atoms with van der Waals surface area (Å²) in [6.45, 7) is 1.78. The van der Waals surface area contributed by atoms with Gasteiger partial charge in [0.25, 0.3) is 5.78 Å². The minimum absolute atomic E-state index is 0.173. The number of hydrogen-bond acceptors (Lipinski definition) is 2. The van der Waals surface area contributed by atoms with E-state index in [9.17, 15) is 14.7 Å². The van der Waals surface area contributed by atoms with E-state index in [1.807, 2.05) is 71.3 Å². The second-order valence-corrected chi connectivity index (χ2v) is 7.29. The average molecular weight is 404 g/mol. The molecule has 4 rings (SSSR count). The number of rotatable bonds is 5. The van der Waals surface area contributed by atoms with E-state index in [1.165, 1.54) is 0 Å². The highest BCUT2D eigenvalue weighted by Crippen LogP contribution is 2.36. The third kappa shape index (κ3) is 3.32. The molecule has 5 heteroatoms. The van der Waals surface area contributed by atoms with Gasteiger partial charge in [0.05, 0.1) is 11.6 Å². The highest BCUT2D eigenvalue weighted by atomic mass is 35.5. The molecule has 0 saturated carbocycles. The van der Waals surface area contributed by atoms with Crippen LogP contribution in [-0.2, 0) is 4.79 Å². The Hall–Kier alpha value is -3.37. The lowest BCUT2D eigenvalue weighted by Crippen LogP contribution is -2.17. The Balaban J connectivity index is 2.09. The van der Waals surface area contributed by atoms with Crippen LogP contribution in [-0.4, -0.2) is 21.4 Å². The minimum atomic E-state index is -1.48. The van der Waals surface area contributed by atoms with Crippen LogP contribution in [0.25, 0.3) is 10.9 Å². The number of aliphatic carboxylic acids is 1. The number of carboxylic acid groups (broad SMARTS) is 1. The number of Topliss-reactive ketones (excluding diaryl/α,β-unsaturated/α-hetero) is 1. The van der Waals surface area contributed by atoms with Gasteiger partial charge < -0.3 is 9.67 Å². The van der Waals surface area contributed by atoms with Crippen molar-refractivity contribution in [2.45, 2.75) is 13.0 Å². The minimum Gasteiger partial charge on any atom is -0.475 e. The standard InChI is InChI=1S/C24H18ClNO3/c1-15-21(23(27)24(28)29)19-14-18(25)12-13-20(19)26(15)22(16-8-4-2-5-9-16)17-10-6-3-7-11-17/h2-14,22H,1H3,(H,28,29). The van der Waals surface area contributed by atoms with Gasteiger partial charge in [0.1, 0.15) is 0 Å². The van der Waals surface area contributed by atoms with Crippen LogP contribution >= 0.6 is 11.6 Å². The molecule has 0 aliphatic carbocycles. The molecule has 0 amide bonds. The van der Waals surface area contributed by atoms with Crippen molar-refractivity contribution in [3.05, 3.63) is 106 Å². The lowest BCUT2D eigenvalue weighted by atomic mass is 9.98. The van der Waals surface area contributed by atoms with Crippen molar-refractivity contribution in [2.24, 2.45) is 0 Å². The molecule has 0 fully saturated rings. The number of carbonyl (C=O) groups is 2. The van der Waals surface area contributed by atoms with Crippen LogP contribution in [0.1, 0.15) is 33.2 Å². The predicted molar refractivity (Wildman–Crippen MR) is 114 cm³/mol. The van der Waals surface area contributed by atoms with E-state index in [-0.39, 0.29) is 11.6 Å². The fraction of sp³-hybridized carbons (Fsp3) is 0.0833. The third-order valence-corrected chi connectivity index (χ3v) is 5.36. The van der Waals surface area contributed by atoms with E-state index in [0.29, 0.717) is 16.1 Å². The first kappa shape index (κ1) is 19.0. The number of nitrogens with zero attached hydrogens (tertiary/aromatic N) is 1. The summed E-state index contributed by atoms with van der Waals surface area (Å²) in [4.78, 5) is 24.1. The van der Waals surface area contributed by atoms with Gasteiger partial charge in [-0.05, 0) is 36.2 Å². The molecule has 0 bridgehead atoms. The van der Waals surface area contributed by atoms with Crippen LogP contribution in [0.2, 0.25) is 5.02 Å². The summed E-state index contributed by atoms with van der Waals surface area (Å²) in [6, 6.07) is 24.9. The van der Waals surface area contributed by atoms with Gasteiger partial charge in [0.2, 0.25) is 0 Å². The van der Waals surface area contributed by atoms with Crippen molar-refractivity contribution in [2.75, 3.05) is 0 Å². The number of carboxylic acids is 1. The zero-order chi connectivity index (χ0) is 20.5. The Kier molecular flexibility index (Phi) is 4.95. The topological polar surface area (TPSA) is 59.3 Å². The molecular formula is C24H18ClNO3. The molecule has 0 saturated heterocycles. The number of benzene rings is 3. The van der Waals surface area contributed by atoms with Crippen molar-refractivity contribution in [3.63, 3.8) is 0 Å². The summed E-state index contributed by atoms with van der Waals surface area (Å²) in [7, 11) is 0. The SMILES string of the molecule is Cc1c(C(=O)C(=O)O)c2cc(Cl)ccc2n1C(c1ccccc1)c1ccccc1. The molecule has 0 aliphatic heterocycles. The highest BCUT2D eigenvalue weighted by molar-refractivity contribution is 6.43. The Labute approximate surface area is 173 Å². The molecule has 4 nitrogen and oxygen atoms in total. The molecule has 144 valence electrons. The van der Waals surface area contributed by atoms with Crippen LogP contribution in [0.15, 0.2) is 78.9 Å². The molecule has 0 unspecified atom stereocenters. The van der Waals surface area contributed by atoms with Crippen molar-refractivity contribution in [3.8, 4) is 0 Å². The van der Waals surface area contributed by atoms with E-state index in [4.69, 9.17) is 11.6 Å². The monoisotopic (exact) mass is 403 g/mol. The quantitative estimate of drug-likeness (QED) is 0.353. The van der Waals surface area contributed by atoms with Crippen molar-refractivity contribution < 1.29 is 14.7 Å². The number of hydrogen-bond donors (Lipinski definition) is 1. The predicted octanol–water partition coefficient (Wildman–Crippen LogP) is 5.51. The normalized spacial score (nSPS) is 11.1. The van der Waals surface area contributed by atoms with Crippen molar-refractivity contribution in [1.82, 2.24) is 4.57 Å². The third-order valence-electron chi connectivity index (χ3n) is 5.12. The van der Waals surface area contributed by atoms with E-state index in [1.54, 1.807) is 19.1 Å². The molecule has 1 N–H and O–H groups in total. The molecule has 4 aromatic rings. The first-order chi connectivity index (χ1) is 14.0. The zero-order valence-electron chi connectivity index (χ0n) is 15.7. The highest BCUT2D eigenvalue weighted by Gasteiger charge is 2.28. The Bertz CT molecular complexity index is 1170. The van der Waals surface area contributed by atoms with Crippen molar-refractivity contribution in [1.29, 1.82) is 0 Å². The summed E-state index contributed by atoms with van der Waals surface area (Å²) >= 11 is 6.18. The Morgan fingerprint density at radius 2 is 1.45 bits per heavy atom. The summed E-state index contributed by atoms with van der Waals surface area (Å²) in [5.74, 6) is -2.42. The summed E-state index contributed by atoms with van der Waals surface area (Å²) in [5, 5.41) is 10.4. The lowest BCUT2D eigenvalue weighted by Gasteiger charge is -2.23. The van der Waals surface area contributed by atoms with Gasteiger partial charge in [0.15, 0.2) is 0 Å². The van der Waals surface area contributed by atoms with Gasteiger partial charge >= 0.3 is 5.97 Å². The smallest absolute Gasteiger partial charge is 0.377 e. The molecule has 29 heavy (non-hydrogen) atoms. The number of fused-ring (bicyclic) bond motifs is 1. The second-order valence-electron chi connectivity index (χ2n) is 6.85. The Morgan fingerprint density at radius 1 is 0.897 bits per heavy atom. The molecule has 1 heterocycles. The fourth-order valence-corrected chi connectivity index (χ4v) is 4.07. The molecule has 0 aliphatic rings. The van der Waals surface area contributed by atoms with Gasteiger partial charge in [0, 0.05) is 21.6 Å². The van der Waals surface area contributed by atoms with Crippen LogP contribution in [0.5, 0.6) is 0 Å². The maximum atomic E-state index is 12.5. The molecule has 3 aromatic carbocycles. The summed E-state index contributed by atoms with van der Waals surface area (Å²) in [6.07, 6.45) is 0. The van der Waals surface area contributed by atoms with Gasteiger partial charge in [-0.3, -0.25) is 4.79 Å². The van der Waals surface area contributed by atoms with Gasteiger partial charge in [-0.1, -0.05) is 72.3 Å². The summed E-state index contributed by atoms with van der Waals surface area (Å²) in [5.41, 5.74) is 3.58. The van der Waals surface area contributed by atoms with Crippen LogP contribution < -0.4 is 0 Å². The number of carbonyl (C=O) groups excluding carboxylic acids is 1. The first-order valence-corrected chi connectivity index (χ1v) is 9.54. The van der Waals surface area contributed by atoms with E-state index >= 15 is 0 Å². The molecule has 1 aromatic heterocycles. The van der Waals surface area contributed by atoms with Crippen LogP contribution in [0, 0.1) is 6.92 Å². The number of ketones is 1. The molecule has 0 spiro atoms. The maximum absolute atomic E-state index is 12.5. The van der Waals surface area contributed by atoms with Crippen LogP contribution in [0.4, 0.5) is 0 Å². The Morgan fingerprint density at radius 3 is 1.97 bits per heavy atom. The number of aromatic nitrogens is 1. The summed E-state index contributed by atoms with van der Waals surface area (Å²) < 4.78 is 2.02. The second kappa shape index (κ2) is 7.57. The lowest BCUT2D eigenvalue weighted by molar-refractivity contribution is -0.131. The van der Waals surface area contributed by atoms with E-state index < -0.39 is 11.8 Å². The van der Waals surface area contributed by atoms with Gasteiger partial charge in [-0.25, -0.2) is 4.79 Å². The molecular weight excluding hydrogens is 386 g/mol. The van der Waals surface area contributed by atoms with E-state index in [2.05, 4.69) is 0 Å². The van der Waals surface area contributed by atoms with Crippen molar-refractivity contribution >= 4 is 34.3 Å².